The summed E-state index contributed by atoms with van der Waals surface area (Å²) in [4.78, 5) is 25.8. The number of benzene rings is 1. The minimum absolute atomic E-state index is 0.0634. The van der Waals surface area contributed by atoms with E-state index in [1.165, 1.54) is 10.6 Å². The van der Waals surface area contributed by atoms with E-state index in [0.29, 0.717) is 13.1 Å². The van der Waals surface area contributed by atoms with E-state index >= 15 is 0 Å². The highest BCUT2D eigenvalue weighted by molar-refractivity contribution is 5.76. The molecule has 1 amide bonds. The van der Waals surface area contributed by atoms with Gasteiger partial charge in [-0.15, -0.1) is 0 Å². The SMILES string of the molecule is N[C@@H]1CN(C(=O)Cn2ccccc2=O)C[C@H]1c1ccccc1. The van der Waals surface area contributed by atoms with Crippen molar-refractivity contribution in [3.8, 4) is 0 Å². The Morgan fingerprint density at radius 3 is 2.55 bits per heavy atom. The highest BCUT2D eigenvalue weighted by Gasteiger charge is 2.33. The Morgan fingerprint density at radius 1 is 1.09 bits per heavy atom. The van der Waals surface area contributed by atoms with Crippen molar-refractivity contribution in [2.45, 2.75) is 18.5 Å². The molecular formula is C17H19N3O2. The van der Waals surface area contributed by atoms with Crippen molar-refractivity contribution in [2.24, 2.45) is 5.73 Å². The molecule has 0 unspecified atom stereocenters. The lowest BCUT2D eigenvalue weighted by Crippen LogP contribution is -2.36. The molecule has 5 heteroatoms. The van der Waals surface area contributed by atoms with Gasteiger partial charge in [0.2, 0.25) is 5.91 Å². The molecule has 1 aliphatic rings. The molecule has 1 aromatic carbocycles. The smallest absolute Gasteiger partial charge is 0.250 e. The summed E-state index contributed by atoms with van der Waals surface area (Å²) >= 11 is 0. The third-order valence-corrected chi connectivity index (χ3v) is 4.15. The fourth-order valence-electron chi connectivity index (χ4n) is 2.92. The van der Waals surface area contributed by atoms with E-state index in [0.717, 1.165) is 5.56 Å². The lowest BCUT2D eigenvalue weighted by atomic mass is 9.95. The summed E-state index contributed by atoms with van der Waals surface area (Å²) in [7, 11) is 0. The summed E-state index contributed by atoms with van der Waals surface area (Å²) < 4.78 is 1.42. The standard InChI is InChI=1S/C17H19N3O2/c18-15-11-20(10-14(15)13-6-2-1-3-7-13)17(22)12-19-9-5-4-8-16(19)21/h1-9,14-15H,10-12,18H2/t14-,15+/m0/s1. The minimum atomic E-state index is -0.168. The van der Waals surface area contributed by atoms with Gasteiger partial charge in [0.1, 0.15) is 6.54 Å². The van der Waals surface area contributed by atoms with Crippen molar-refractivity contribution in [2.75, 3.05) is 13.1 Å². The number of amides is 1. The van der Waals surface area contributed by atoms with Crippen LogP contribution in [0.25, 0.3) is 0 Å². The number of likely N-dealkylation sites (tertiary alicyclic amines) is 1. The predicted molar refractivity (Wildman–Crippen MR) is 84.4 cm³/mol. The number of nitrogens with two attached hydrogens (primary N) is 1. The van der Waals surface area contributed by atoms with Gasteiger partial charge in [0, 0.05) is 37.3 Å². The average molecular weight is 297 g/mol. The second kappa shape index (κ2) is 6.15. The summed E-state index contributed by atoms with van der Waals surface area (Å²) in [6.45, 7) is 1.19. The van der Waals surface area contributed by atoms with E-state index in [-0.39, 0.29) is 30.0 Å². The van der Waals surface area contributed by atoms with Crippen LogP contribution >= 0.6 is 0 Å². The van der Waals surface area contributed by atoms with Crippen LogP contribution in [-0.4, -0.2) is 34.5 Å². The average Bonchev–Trinajstić information content (AvgIpc) is 2.92. The van der Waals surface area contributed by atoms with Gasteiger partial charge in [-0.05, 0) is 11.6 Å². The molecule has 1 aliphatic heterocycles. The molecule has 2 heterocycles. The molecule has 0 aliphatic carbocycles. The monoisotopic (exact) mass is 297 g/mol. The number of aromatic nitrogens is 1. The molecule has 1 fully saturated rings. The number of carbonyl (C=O) groups excluding carboxylic acids is 1. The van der Waals surface area contributed by atoms with Gasteiger partial charge in [0.05, 0.1) is 0 Å². The maximum atomic E-state index is 12.4. The first-order valence-electron chi connectivity index (χ1n) is 7.39. The van der Waals surface area contributed by atoms with E-state index < -0.39 is 0 Å². The summed E-state index contributed by atoms with van der Waals surface area (Å²) in [5.41, 5.74) is 7.19. The molecule has 2 aromatic rings. The van der Waals surface area contributed by atoms with Gasteiger partial charge < -0.3 is 15.2 Å². The van der Waals surface area contributed by atoms with Crippen LogP contribution in [0.3, 0.4) is 0 Å². The van der Waals surface area contributed by atoms with Crippen LogP contribution in [0.5, 0.6) is 0 Å². The zero-order valence-corrected chi connectivity index (χ0v) is 12.3. The summed E-state index contributed by atoms with van der Waals surface area (Å²) in [6, 6.07) is 14.8. The van der Waals surface area contributed by atoms with Gasteiger partial charge in [-0.2, -0.15) is 0 Å². The van der Waals surface area contributed by atoms with Crippen LogP contribution in [0.15, 0.2) is 59.5 Å². The van der Waals surface area contributed by atoms with E-state index in [1.54, 1.807) is 23.2 Å². The van der Waals surface area contributed by atoms with Crippen LogP contribution in [0, 0.1) is 0 Å². The topological polar surface area (TPSA) is 68.3 Å². The first kappa shape index (κ1) is 14.5. The number of pyridine rings is 1. The number of rotatable bonds is 3. The van der Waals surface area contributed by atoms with E-state index in [9.17, 15) is 9.59 Å². The molecule has 1 aromatic heterocycles. The molecule has 0 bridgehead atoms. The first-order chi connectivity index (χ1) is 10.6. The van der Waals surface area contributed by atoms with Gasteiger partial charge in [-0.25, -0.2) is 0 Å². The van der Waals surface area contributed by atoms with Crippen LogP contribution in [0.4, 0.5) is 0 Å². The summed E-state index contributed by atoms with van der Waals surface area (Å²) in [5.74, 6) is 0.0832. The predicted octanol–water partition coefficient (Wildman–Crippen LogP) is 0.802. The maximum absolute atomic E-state index is 12.4. The van der Waals surface area contributed by atoms with Crippen LogP contribution in [-0.2, 0) is 11.3 Å². The van der Waals surface area contributed by atoms with Crippen molar-refractivity contribution in [3.05, 3.63) is 70.6 Å². The van der Waals surface area contributed by atoms with E-state index in [1.807, 2.05) is 30.3 Å². The summed E-state index contributed by atoms with van der Waals surface area (Å²) in [6.07, 6.45) is 1.63. The lowest BCUT2D eigenvalue weighted by Gasteiger charge is -2.17. The quantitative estimate of drug-likeness (QED) is 0.911. The molecule has 2 N–H and O–H groups in total. The second-order valence-corrected chi connectivity index (χ2v) is 5.65. The molecule has 3 rings (SSSR count). The molecule has 0 spiro atoms. The molecule has 0 radical (unpaired) electrons. The van der Waals surface area contributed by atoms with Crippen molar-refractivity contribution in [1.82, 2.24) is 9.47 Å². The molecule has 1 saturated heterocycles. The Hall–Kier alpha value is -2.40. The number of hydrogen-bond acceptors (Lipinski definition) is 3. The van der Waals surface area contributed by atoms with Crippen molar-refractivity contribution < 1.29 is 4.79 Å². The molecule has 114 valence electrons. The zero-order valence-electron chi connectivity index (χ0n) is 12.3. The Bertz CT molecular complexity index is 711. The first-order valence-corrected chi connectivity index (χ1v) is 7.39. The third-order valence-electron chi connectivity index (χ3n) is 4.15. The molecule has 0 saturated carbocycles. The van der Waals surface area contributed by atoms with Gasteiger partial charge in [0.15, 0.2) is 0 Å². The Kier molecular flexibility index (Phi) is 4.06. The Balaban J connectivity index is 1.70. The van der Waals surface area contributed by atoms with Crippen molar-refractivity contribution in [1.29, 1.82) is 0 Å². The maximum Gasteiger partial charge on any atom is 0.250 e. The molecule has 5 nitrogen and oxygen atoms in total. The van der Waals surface area contributed by atoms with Gasteiger partial charge >= 0.3 is 0 Å². The highest BCUT2D eigenvalue weighted by atomic mass is 16.2. The van der Waals surface area contributed by atoms with Crippen molar-refractivity contribution >= 4 is 5.91 Å². The van der Waals surface area contributed by atoms with Crippen LogP contribution in [0.1, 0.15) is 11.5 Å². The fourth-order valence-corrected chi connectivity index (χ4v) is 2.92. The Labute approximate surface area is 129 Å². The molecule has 2 atom stereocenters. The van der Waals surface area contributed by atoms with Gasteiger partial charge in [-0.1, -0.05) is 36.4 Å². The van der Waals surface area contributed by atoms with Crippen LogP contribution < -0.4 is 11.3 Å². The van der Waals surface area contributed by atoms with Crippen LogP contribution in [0.2, 0.25) is 0 Å². The molecular weight excluding hydrogens is 278 g/mol. The number of carbonyl (C=O) groups is 1. The largest absolute Gasteiger partial charge is 0.339 e. The normalized spacial score (nSPS) is 21.0. The zero-order chi connectivity index (χ0) is 15.5. The lowest BCUT2D eigenvalue weighted by molar-refractivity contribution is -0.130. The molecule has 22 heavy (non-hydrogen) atoms. The van der Waals surface area contributed by atoms with E-state index in [2.05, 4.69) is 0 Å². The van der Waals surface area contributed by atoms with E-state index in [4.69, 9.17) is 5.73 Å². The number of hydrogen-bond donors (Lipinski definition) is 1. The number of nitrogens with zero attached hydrogens (tertiary/aromatic N) is 2. The fraction of sp³-hybridized carbons (Fsp3) is 0.294. The Morgan fingerprint density at radius 2 is 1.82 bits per heavy atom. The second-order valence-electron chi connectivity index (χ2n) is 5.65. The van der Waals surface area contributed by atoms with Gasteiger partial charge in [-0.3, -0.25) is 9.59 Å². The van der Waals surface area contributed by atoms with Crippen molar-refractivity contribution in [3.63, 3.8) is 0 Å². The minimum Gasteiger partial charge on any atom is -0.339 e. The highest BCUT2D eigenvalue weighted by Crippen LogP contribution is 2.26. The van der Waals surface area contributed by atoms with Gasteiger partial charge in [0.25, 0.3) is 5.56 Å². The third kappa shape index (κ3) is 2.94. The summed E-state index contributed by atoms with van der Waals surface area (Å²) in [5, 5.41) is 0.